The molecule has 4 rings (SSSR count). The van der Waals surface area contributed by atoms with Crippen molar-refractivity contribution in [2.45, 2.75) is 32.4 Å². The molecule has 0 spiro atoms. The van der Waals surface area contributed by atoms with Gasteiger partial charge in [-0.05, 0) is 69.8 Å². The van der Waals surface area contributed by atoms with Gasteiger partial charge in [0.25, 0.3) is 5.91 Å². The standard InChI is InChI=1S/C25H27BrN2O2/c26-25-22-11-5-4-8-19(22)12-13-23(25)30-18-24(29)27-16-20-9-2-3-10-21(20)17-28-14-6-1-7-15-28/h2-5,8-13H,1,6-7,14-18H2,(H,27,29). The molecule has 0 bridgehead atoms. The van der Waals surface area contributed by atoms with Crippen molar-refractivity contribution in [2.24, 2.45) is 0 Å². The van der Waals surface area contributed by atoms with Crippen LogP contribution in [-0.4, -0.2) is 30.5 Å². The zero-order valence-electron chi connectivity index (χ0n) is 17.1. The number of nitrogens with zero attached hydrogens (tertiary/aromatic N) is 1. The first-order valence-electron chi connectivity index (χ1n) is 10.6. The van der Waals surface area contributed by atoms with Crippen molar-refractivity contribution in [3.8, 4) is 5.75 Å². The van der Waals surface area contributed by atoms with Gasteiger partial charge in [-0.2, -0.15) is 0 Å². The molecule has 1 aliphatic rings. The van der Waals surface area contributed by atoms with E-state index in [1.54, 1.807) is 0 Å². The molecule has 3 aromatic rings. The SMILES string of the molecule is O=C(COc1ccc2ccccc2c1Br)NCc1ccccc1CN1CCCCC1. The molecule has 30 heavy (non-hydrogen) atoms. The maximum absolute atomic E-state index is 12.4. The normalized spacial score (nSPS) is 14.6. The number of amides is 1. The van der Waals surface area contributed by atoms with Gasteiger partial charge in [0.15, 0.2) is 6.61 Å². The molecule has 1 heterocycles. The maximum atomic E-state index is 12.4. The van der Waals surface area contributed by atoms with Crippen molar-refractivity contribution in [1.29, 1.82) is 0 Å². The van der Waals surface area contributed by atoms with Crippen LogP contribution >= 0.6 is 15.9 Å². The number of likely N-dealkylation sites (tertiary alicyclic amines) is 1. The first kappa shape index (κ1) is 20.9. The van der Waals surface area contributed by atoms with Gasteiger partial charge < -0.3 is 10.1 Å². The molecular weight excluding hydrogens is 440 g/mol. The summed E-state index contributed by atoms with van der Waals surface area (Å²) in [5.41, 5.74) is 2.46. The molecule has 0 saturated carbocycles. The highest BCUT2D eigenvalue weighted by molar-refractivity contribution is 9.10. The molecule has 156 valence electrons. The van der Waals surface area contributed by atoms with E-state index in [-0.39, 0.29) is 12.5 Å². The zero-order chi connectivity index (χ0) is 20.8. The van der Waals surface area contributed by atoms with E-state index in [1.807, 2.05) is 36.4 Å². The van der Waals surface area contributed by atoms with E-state index >= 15 is 0 Å². The van der Waals surface area contributed by atoms with E-state index in [0.717, 1.165) is 34.9 Å². The number of rotatable bonds is 7. The Hall–Kier alpha value is -2.37. The summed E-state index contributed by atoms with van der Waals surface area (Å²) in [6.07, 6.45) is 3.89. The third-order valence-electron chi connectivity index (χ3n) is 5.62. The van der Waals surface area contributed by atoms with Crippen LogP contribution in [0.1, 0.15) is 30.4 Å². The number of ether oxygens (including phenoxy) is 1. The molecule has 0 radical (unpaired) electrons. The number of benzene rings is 3. The van der Waals surface area contributed by atoms with Gasteiger partial charge in [0.05, 0.1) is 4.47 Å². The lowest BCUT2D eigenvalue weighted by Gasteiger charge is -2.27. The average molecular weight is 467 g/mol. The Morgan fingerprint density at radius 2 is 1.67 bits per heavy atom. The second kappa shape index (κ2) is 10.1. The van der Waals surface area contributed by atoms with Gasteiger partial charge in [-0.25, -0.2) is 0 Å². The number of hydrogen-bond donors (Lipinski definition) is 1. The Bertz CT molecular complexity index is 1010. The summed E-state index contributed by atoms with van der Waals surface area (Å²) >= 11 is 3.60. The van der Waals surface area contributed by atoms with Gasteiger partial charge in [-0.1, -0.05) is 61.0 Å². The van der Waals surface area contributed by atoms with Gasteiger partial charge in [0, 0.05) is 13.1 Å². The lowest BCUT2D eigenvalue weighted by molar-refractivity contribution is -0.123. The fourth-order valence-corrected chi connectivity index (χ4v) is 4.56. The minimum absolute atomic E-state index is 0.00870. The van der Waals surface area contributed by atoms with E-state index < -0.39 is 0 Å². The molecule has 5 heteroatoms. The number of nitrogens with one attached hydrogen (secondary N) is 1. The van der Waals surface area contributed by atoms with Crippen LogP contribution in [0.3, 0.4) is 0 Å². The van der Waals surface area contributed by atoms with E-state index in [0.29, 0.717) is 12.3 Å². The molecular formula is C25H27BrN2O2. The molecule has 0 aliphatic carbocycles. The van der Waals surface area contributed by atoms with Crippen molar-refractivity contribution < 1.29 is 9.53 Å². The van der Waals surface area contributed by atoms with E-state index in [4.69, 9.17) is 4.74 Å². The second-order valence-electron chi connectivity index (χ2n) is 7.77. The summed E-state index contributed by atoms with van der Waals surface area (Å²) < 4.78 is 6.65. The van der Waals surface area contributed by atoms with Crippen LogP contribution in [0.15, 0.2) is 65.1 Å². The molecule has 0 unspecified atom stereocenters. The summed E-state index contributed by atoms with van der Waals surface area (Å²) in [6, 6.07) is 20.4. The molecule has 0 atom stereocenters. The lowest BCUT2D eigenvalue weighted by Crippen LogP contribution is -2.31. The van der Waals surface area contributed by atoms with Gasteiger partial charge in [0.1, 0.15) is 5.75 Å². The summed E-state index contributed by atoms with van der Waals surface area (Å²) in [5.74, 6) is 0.553. The van der Waals surface area contributed by atoms with E-state index in [1.165, 1.54) is 30.4 Å². The summed E-state index contributed by atoms with van der Waals surface area (Å²) in [6.45, 7) is 3.78. The van der Waals surface area contributed by atoms with E-state index in [2.05, 4.69) is 50.4 Å². The fourth-order valence-electron chi connectivity index (χ4n) is 3.96. The Kier molecular flexibility index (Phi) is 7.03. The monoisotopic (exact) mass is 466 g/mol. The molecule has 3 aromatic carbocycles. The third kappa shape index (κ3) is 5.21. The number of piperidine rings is 1. The topological polar surface area (TPSA) is 41.6 Å². The summed E-state index contributed by atoms with van der Waals surface area (Å²) in [5, 5.41) is 5.21. The van der Waals surface area contributed by atoms with Crippen LogP contribution < -0.4 is 10.1 Å². The number of hydrogen-bond acceptors (Lipinski definition) is 3. The highest BCUT2D eigenvalue weighted by Gasteiger charge is 2.13. The van der Waals surface area contributed by atoms with Crippen LogP contribution in [0.25, 0.3) is 10.8 Å². The molecule has 1 N–H and O–H groups in total. The first-order chi connectivity index (χ1) is 14.7. The number of fused-ring (bicyclic) bond motifs is 1. The fraction of sp³-hybridized carbons (Fsp3) is 0.320. The Morgan fingerprint density at radius 3 is 2.50 bits per heavy atom. The van der Waals surface area contributed by atoms with Crippen molar-refractivity contribution in [3.05, 3.63) is 76.3 Å². The van der Waals surface area contributed by atoms with Crippen molar-refractivity contribution in [3.63, 3.8) is 0 Å². The Labute approximate surface area is 186 Å². The van der Waals surface area contributed by atoms with Crippen LogP contribution in [0.2, 0.25) is 0 Å². The third-order valence-corrected chi connectivity index (χ3v) is 6.44. The van der Waals surface area contributed by atoms with Crippen molar-refractivity contribution in [1.82, 2.24) is 10.2 Å². The smallest absolute Gasteiger partial charge is 0.258 e. The van der Waals surface area contributed by atoms with Crippen molar-refractivity contribution in [2.75, 3.05) is 19.7 Å². The van der Waals surface area contributed by atoms with Gasteiger partial charge in [-0.15, -0.1) is 0 Å². The largest absolute Gasteiger partial charge is 0.483 e. The summed E-state index contributed by atoms with van der Waals surface area (Å²) in [4.78, 5) is 14.9. The van der Waals surface area contributed by atoms with Crippen LogP contribution in [0, 0.1) is 0 Å². The number of carbonyl (C=O) groups excluding carboxylic acids is 1. The molecule has 1 saturated heterocycles. The van der Waals surface area contributed by atoms with Crippen molar-refractivity contribution >= 4 is 32.6 Å². The molecule has 4 nitrogen and oxygen atoms in total. The highest BCUT2D eigenvalue weighted by Crippen LogP contribution is 2.32. The van der Waals surface area contributed by atoms with Gasteiger partial charge in [0.2, 0.25) is 0 Å². The van der Waals surface area contributed by atoms with E-state index in [9.17, 15) is 4.79 Å². The average Bonchev–Trinajstić information content (AvgIpc) is 2.79. The second-order valence-corrected chi connectivity index (χ2v) is 8.56. The molecule has 1 fully saturated rings. The predicted octanol–water partition coefficient (Wildman–Crippen LogP) is 5.28. The van der Waals surface area contributed by atoms with Gasteiger partial charge >= 0.3 is 0 Å². The molecule has 1 aliphatic heterocycles. The van der Waals surface area contributed by atoms with Crippen LogP contribution in [0.5, 0.6) is 5.75 Å². The number of halogens is 1. The Balaban J connectivity index is 1.33. The summed E-state index contributed by atoms with van der Waals surface area (Å²) in [7, 11) is 0. The van der Waals surface area contributed by atoms with Crippen LogP contribution in [-0.2, 0) is 17.9 Å². The molecule has 1 amide bonds. The Morgan fingerprint density at radius 1 is 0.933 bits per heavy atom. The minimum Gasteiger partial charge on any atom is -0.483 e. The minimum atomic E-state index is -0.122. The highest BCUT2D eigenvalue weighted by atomic mass is 79.9. The maximum Gasteiger partial charge on any atom is 0.258 e. The quantitative estimate of drug-likeness (QED) is 0.514. The number of carbonyl (C=O) groups is 1. The van der Waals surface area contributed by atoms with Gasteiger partial charge in [-0.3, -0.25) is 9.69 Å². The first-order valence-corrected chi connectivity index (χ1v) is 11.4. The lowest BCUT2D eigenvalue weighted by atomic mass is 10.0. The predicted molar refractivity (Wildman–Crippen MR) is 125 cm³/mol. The zero-order valence-corrected chi connectivity index (χ0v) is 18.7. The molecule has 0 aromatic heterocycles. The van der Waals surface area contributed by atoms with Crippen LogP contribution in [0.4, 0.5) is 0 Å².